The van der Waals surface area contributed by atoms with Crippen molar-refractivity contribution in [3.8, 4) is 0 Å². The van der Waals surface area contributed by atoms with Gasteiger partial charge in [0.25, 0.3) is 0 Å². The Hall–Kier alpha value is -1.19. The molecule has 0 spiro atoms. The third kappa shape index (κ3) is 4.98. The van der Waals surface area contributed by atoms with Crippen LogP contribution in [0.15, 0.2) is 24.3 Å². The summed E-state index contributed by atoms with van der Waals surface area (Å²) in [5.41, 5.74) is 1.84. The molecule has 0 bridgehead atoms. The van der Waals surface area contributed by atoms with Crippen LogP contribution in [0.25, 0.3) is 0 Å². The number of Topliss-reactive ketones (excluding diaryl/α,β-unsaturated/α-hetero) is 1. The first-order valence-electron chi connectivity index (χ1n) is 6.45. The smallest absolute Gasteiger partial charge is 0.191 e. The van der Waals surface area contributed by atoms with Gasteiger partial charge in [0.2, 0.25) is 0 Å². The summed E-state index contributed by atoms with van der Waals surface area (Å²) in [6.45, 7) is 7.58. The van der Waals surface area contributed by atoms with Gasteiger partial charge in [-0.2, -0.15) is 0 Å². The number of ketones is 1. The first kappa shape index (κ1) is 14.9. The second-order valence-corrected chi connectivity index (χ2v) is 4.36. The van der Waals surface area contributed by atoms with E-state index in [4.69, 9.17) is 9.47 Å². The monoisotopic (exact) mass is 250 g/mol. The van der Waals surface area contributed by atoms with Crippen LogP contribution in [0.2, 0.25) is 0 Å². The Labute approximate surface area is 109 Å². The van der Waals surface area contributed by atoms with Crippen molar-refractivity contribution in [3.05, 3.63) is 35.4 Å². The number of hydrogen-bond donors (Lipinski definition) is 0. The predicted octanol–water partition coefficient (Wildman–Crippen LogP) is 3.01. The van der Waals surface area contributed by atoms with Crippen LogP contribution < -0.4 is 0 Å². The molecule has 0 saturated heterocycles. The highest BCUT2D eigenvalue weighted by Gasteiger charge is 2.15. The average molecular weight is 250 g/mol. The van der Waals surface area contributed by atoms with Crippen molar-refractivity contribution < 1.29 is 14.3 Å². The molecular formula is C15H22O3. The lowest BCUT2D eigenvalue weighted by Crippen LogP contribution is -2.23. The van der Waals surface area contributed by atoms with E-state index < -0.39 is 6.10 Å². The summed E-state index contributed by atoms with van der Waals surface area (Å²) in [6.07, 6.45) is 0.579. The molecule has 1 atom stereocenters. The number of hydrogen-bond acceptors (Lipinski definition) is 3. The van der Waals surface area contributed by atoms with E-state index in [0.29, 0.717) is 18.8 Å². The molecule has 0 aliphatic rings. The van der Waals surface area contributed by atoms with Crippen molar-refractivity contribution in [2.75, 3.05) is 19.8 Å². The molecule has 3 heteroatoms. The Morgan fingerprint density at radius 3 is 2.44 bits per heavy atom. The van der Waals surface area contributed by atoms with E-state index in [9.17, 15) is 4.79 Å². The van der Waals surface area contributed by atoms with Crippen molar-refractivity contribution in [1.29, 1.82) is 0 Å². The Morgan fingerprint density at radius 1 is 1.17 bits per heavy atom. The molecule has 0 aliphatic carbocycles. The van der Waals surface area contributed by atoms with E-state index in [2.05, 4.69) is 6.92 Å². The number of carbonyl (C=O) groups excluding carboxylic acids is 1. The van der Waals surface area contributed by atoms with Gasteiger partial charge in [0.1, 0.15) is 6.10 Å². The summed E-state index contributed by atoms with van der Waals surface area (Å²) in [7, 11) is 0. The highest BCUT2D eigenvalue weighted by Crippen LogP contribution is 2.08. The van der Waals surface area contributed by atoms with Crippen LogP contribution in [-0.2, 0) is 9.47 Å². The van der Waals surface area contributed by atoms with Gasteiger partial charge in [0, 0.05) is 12.2 Å². The van der Waals surface area contributed by atoms with Gasteiger partial charge in [-0.25, -0.2) is 0 Å². The molecule has 0 fully saturated rings. The predicted molar refractivity (Wildman–Crippen MR) is 72.0 cm³/mol. The molecule has 0 radical (unpaired) electrons. The first-order chi connectivity index (χ1) is 8.65. The number of benzene rings is 1. The molecule has 1 rings (SSSR count). The Balaban J connectivity index is 2.34. The standard InChI is InChI=1S/C15H22O3/c1-4-9-17-10-11-18-13(3)15(16)14-7-5-12(2)6-8-14/h5-8,13H,4,9-11H2,1-3H3. The molecule has 0 saturated carbocycles. The number of ether oxygens (including phenoxy) is 2. The highest BCUT2D eigenvalue weighted by molar-refractivity contribution is 5.99. The number of carbonyl (C=O) groups is 1. The fourth-order valence-corrected chi connectivity index (χ4v) is 1.56. The first-order valence-corrected chi connectivity index (χ1v) is 6.45. The molecule has 100 valence electrons. The van der Waals surface area contributed by atoms with E-state index in [1.165, 1.54) is 0 Å². The van der Waals surface area contributed by atoms with Gasteiger partial charge in [0.15, 0.2) is 5.78 Å². The van der Waals surface area contributed by atoms with Crippen molar-refractivity contribution in [2.24, 2.45) is 0 Å². The van der Waals surface area contributed by atoms with E-state index in [1.807, 2.05) is 31.2 Å². The fraction of sp³-hybridized carbons (Fsp3) is 0.533. The molecule has 0 amide bonds. The molecule has 18 heavy (non-hydrogen) atoms. The maximum Gasteiger partial charge on any atom is 0.191 e. The Bertz CT molecular complexity index is 357. The fourth-order valence-electron chi connectivity index (χ4n) is 1.56. The van der Waals surface area contributed by atoms with Gasteiger partial charge < -0.3 is 9.47 Å². The molecular weight excluding hydrogens is 228 g/mol. The molecule has 0 aromatic heterocycles. The van der Waals surface area contributed by atoms with Gasteiger partial charge in [0.05, 0.1) is 13.2 Å². The van der Waals surface area contributed by atoms with E-state index in [1.54, 1.807) is 6.92 Å². The zero-order valence-corrected chi connectivity index (χ0v) is 11.4. The van der Waals surface area contributed by atoms with Crippen molar-refractivity contribution in [2.45, 2.75) is 33.3 Å². The highest BCUT2D eigenvalue weighted by atomic mass is 16.5. The van der Waals surface area contributed by atoms with Crippen LogP contribution in [0, 0.1) is 6.92 Å². The van der Waals surface area contributed by atoms with Crippen LogP contribution in [0.4, 0.5) is 0 Å². The second kappa shape index (κ2) is 8.01. The minimum Gasteiger partial charge on any atom is -0.379 e. The normalized spacial score (nSPS) is 12.4. The molecule has 0 heterocycles. The number of rotatable bonds is 8. The minimum absolute atomic E-state index is 0.0190. The second-order valence-electron chi connectivity index (χ2n) is 4.36. The minimum atomic E-state index is -0.419. The van der Waals surface area contributed by atoms with E-state index in [0.717, 1.165) is 18.6 Å². The van der Waals surface area contributed by atoms with Crippen LogP contribution in [0.3, 0.4) is 0 Å². The summed E-state index contributed by atoms with van der Waals surface area (Å²) in [5.74, 6) is 0.0190. The Morgan fingerprint density at radius 2 is 1.83 bits per heavy atom. The molecule has 0 aliphatic heterocycles. The topological polar surface area (TPSA) is 35.5 Å². The van der Waals surface area contributed by atoms with Gasteiger partial charge in [-0.1, -0.05) is 36.8 Å². The summed E-state index contributed by atoms with van der Waals surface area (Å²) >= 11 is 0. The zero-order chi connectivity index (χ0) is 13.4. The third-order valence-corrected chi connectivity index (χ3v) is 2.65. The largest absolute Gasteiger partial charge is 0.379 e. The molecule has 3 nitrogen and oxygen atoms in total. The lowest BCUT2D eigenvalue weighted by molar-refractivity contribution is 0.0150. The van der Waals surface area contributed by atoms with Gasteiger partial charge >= 0.3 is 0 Å². The lowest BCUT2D eigenvalue weighted by atomic mass is 10.1. The summed E-state index contributed by atoms with van der Waals surface area (Å²) < 4.78 is 10.8. The quantitative estimate of drug-likeness (QED) is 0.525. The third-order valence-electron chi connectivity index (χ3n) is 2.65. The summed E-state index contributed by atoms with van der Waals surface area (Å²) in [5, 5.41) is 0. The van der Waals surface area contributed by atoms with Gasteiger partial charge in [-0.15, -0.1) is 0 Å². The SMILES string of the molecule is CCCOCCOC(C)C(=O)c1ccc(C)cc1. The number of aryl methyl sites for hydroxylation is 1. The molecule has 1 unspecified atom stereocenters. The maximum atomic E-state index is 12.0. The molecule has 1 aromatic carbocycles. The van der Waals surface area contributed by atoms with Crippen LogP contribution in [0.5, 0.6) is 0 Å². The van der Waals surface area contributed by atoms with Crippen molar-refractivity contribution in [3.63, 3.8) is 0 Å². The average Bonchev–Trinajstić information content (AvgIpc) is 2.38. The van der Waals surface area contributed by atoms with Crippen LogP contribution >= 0.6 is 0 Å². The summed E-state index contributed by atoms with van der Waals surface area (Å²) in [6, 6.07) is 7.55. The molecule has 1 aromatic rings. The van der Waals surface area contributed by atoms with Crippen LogP contribution in [-0.4, -0.2) is 31.7 Å². The zero-order valence-electron chi connectivity index (χ0n) is 11.4. The Kier molecular flexibility index (Phi) is 6.61. The van der Waals surface area contributed by atoms with Crippen LogP contribution in [0.1, 0.15) is 36.2 Å². The van der Waals surface area contributed by atoms with E-state index in [-0.39, 0.29) is 5.78 Å². The van der Waals surface area contributed by atoms with E-state index >= 15 is 0 Å². The lowest BCUT2D eigenvalue weighted by Gasteiger charge is -2.12. The van der Waals surface area contributed by atoms with Crippen molar-refractivity contribution in [1.82, 2.24) is 0 Å². The summed E-state index contributed by atoms with van der Waals surface area (Å²) in [4.78, 5) is 12.0. The maximum absolute atomic E-state index is 12.0. The van der Waals surface area contributed by atoms with Crippen molar-refractivity contribution >= 4 is 5.78 Å². The molecule has 0 N–H and O–H groups in total. The van der Waals surface area contributed by atoms with Gasteiger partial charge in [-0.3, -0.25) is 4.79 Å². The van der Waals surface area contributed by atoms with Gasteiger partial charge in [-0.05, 0) is 20.3 Å².